The zero-order valence-corrected chi connectivity index (χ0v) is 16.6. The third-order valence-electron chi connectivity index (χ3n) is 4.49. The molecule has 0 atom stereocenters. The molecule has 4 aromatic rings. The lowest BCUT2D eigenvalue weighted by molar-refractivity contribution is -0.137. The minimum atomic E-state index is -4.44. The Bertz CT molecular complexity index is 1310. The summed E-state index contributed by atoms with van der Waals surface area (Å²) in [4.78, 5) is 4.15. The van der Waals surface area contributed by atoms with E-state index in [0.717, 1.165) is 17.7 Å². The summed E-state index contributed by atoms with van der Waals surface area (Å²) in [6.45, 7) is 1.95. The zero-order valence-electron chi connectivity index (χ0n) is 16.6. The number of hydrogen-bond acceptors (Lipinski definition) is 6. The number of benzene rings is 2. The highest BCUT2D eigenvalue weighted by atomic mass is 19.4. The number of halogens is 3. The summed E-state index contributed by atoms with van der Waals surface area (Å²) in [7, 11) is 0. The van der Waals surface area contributed by atoms with Gasteiger partial charge in [-0.25, -0.2) is 5.43 Å². The first-order valence-electron chi connectivity index (χ1n) is 9.38. The van der Waals surface area contributed by atoms with Crippen molar-refractivity contribution in [2.24, 2.45) is 5.10 Å². The SMILES string of the molecule is Cc1ccc(-c2nc(C#N)c(NN=Cc3ccc(-c4cccc(C(F)(F)F)c4)o3)o2)cc1. The van der Waals surface area contributed by atoms with Crippen LogP contribution in [0.3, 0.4) is 0 Å². The molecule has 0 unspecified atom stereocenters. The van der Waals surface area contributed by atoms with E-state index in [0.29, 0.717) is 11.3 Å². The lowest BCUT2D eigenvalue weighted by Gasteiger charge is -2.07. The van der Waals surface area contributed by atoms with Gasteiger partial charge < -0.3 is 8.83 Å². The van der Waals surface area contributed by atoms with Crippen LogP contribution in [-0.2, 0) is 6.18 Å². The van der Waals surface area contributed by atoms with Crippen molar-refractivity contribution in [2.45, 2.75) is 13.1 Å². The van der Waals surface area contributed by atoms with Gasteiger partial charge in [-0.2, -0.15) is 28.5 Å². The maximum absolute atomic E-state index is 12.9. The molecule has 0 saturated carbocycles. The predicted octanol–water partition coefficient (Wildman–Crippen LogP) is 6.25. The fourth-order valence-corrected chi connectivity index (χ4v) is 2.87. The van der Waals surface area contributed by atoms with Gasteiger partial charge in [-0.05, 0) is 43.3 Å². The molecule has 1 N–H and O–H groups in total. The fourth-order valence-electron chi connectivity index (χ4n) is 2.87. The Morgan fingerprint density at radius 2 is 1.81 bits per heavy atom. The minimum absolute atomic E-state index is 0.0295. The van der Waals surface area contributed by atoms with Crippen molar-refractivity contribution in [2.75, 3.05) is 5.43 Å². The molecule has 0 saturated heterocycles. The van der Waals surface area contributed by atoms with E-state index in [1.54, 1.807) is 12.1 Å². The van der Waals surface area contributed by atoms with Crippen molar-refractivity contribution in [3.63, 3.8) is 0 Å². The number of hydrogen-bond donors (Lipinski definition) is 1. The first kappa shape index (κ1) is 20.9. The molecule has 2 aromatic carbocycles. The summed E-state index contributed by atoms with van der Waals surface area (Å²) in [5, 5.41) is 13.3. The highest BCUT2D eigenvalue weighted by molar-refractivity contribution is 5.78. The third-order valence-corrected chi connectivity index (χ3v) is 4.49. The zero-order chi connectivity index (χ0) is 22.7. The van der Waals surface area contributed by atoms with Crippen molar-refractivity contribution < 1.29 is 22.0 Å². The average Bonchev–Trinajstić information content (AvgIpc) is 3.41. The van der Waals surface area contributed by atoms with E-state index in [9.17, 15) is 18.4 Å². The Hall–Kier alpha value is -4.32. The first-order valence-corrected chi connectivity index (χ1v) is 9.38. The molecule has 0 aliphatic heterocycles. The number of aromatic nitrogens is 1. The average molecular weight is 436 g/mol. The number of nitrogens with zero attached hydrogens (tertiary/aromatic N) is 3. The summed E-state index contributed by atoms with van der Waals surface area (Å²) in [5.41, 5.74) is 3.94. The molecule has 4 rings (SSSR count). The van der Waals surface area contributed by atoms with Gasteiger partial charge in [0.25, 0.3) is 5.88 Å². The van der Waals surface area contributed by atoms with Gasteiger partial charge in [0.05, 0.1) is 11.8 Å². The van der Waals surface area contributed by atoms with Crippen LogP contribution in [0.5, 0.6) is 0 Å². The lowest BCUT2D eigenvalue weighted by atomic mass is 10.1. The van der Waals surface area contributed by atoms with Crippen molar-refractivity contribution in [3.05, 3.63) is 83.2 Å². The Morgan fingerprint density at radius 3 is 2.53 bits per heavy atom. The number of anilines is 1. The van der Waals surface area contributed by atoms with Crippen LogP contribution in [0.2, 0.25) is 0 Å². The van der Waals surface area contributed by atoms with E-state index in [2.05, 4.69) is 15.5 Å². The summed E-state index contributed by atoms with van der Waals surface area (Å²) in [6, 6.07) is 17.3. The number of hydrazone groups is 1. The summed E-state index contributed by atoms with van der Waals surface area (Å²) in [6.07, 6.45) is -3.13. The fraction of sp³-hybridized carbons (Fsp3) is 0.0870. The second kappa shape index (κ2) is 8.43. The third kappa shape index (κ3) is 4.54. The van der Waals surface area contributed by atoms with Crippen molar-refractivity contribution >= 4 is 12.1 Å². The molecule has 2 aromatic heterocycles. The first-order chi connectivity index (χ1) is 15.3. The Morgan fingerprint density at radius 1 is 1.03 bits per heavy atom. The molecule has 0 spiro atoms. The van der Waals surface area contributed by atoms with E-state index in [1.807, 2.05) is 37.3 Å². The number of nitrogens with one attached hydrogen (secondary N) is 1. The molecule has 6 nitrogen and oxygen atoms in total. The molecule has 160 valence electrons. The number of alkyl halides is 3. The van der Waals surface area contributed by atoms with E-state index >= 15 is 0 Å². The molecule has 32 heavy (non-hydrogen) atoms. The number of oxazole rings is 1. The Kier molecular flexibility index (Phi) is 5.52. The van der Waals surface area contributed by atoms with E-state index in [-0.39, 0.29) is 28.8 Å². The number of aryl methyl sites for hydroxylation is 1. The van der Waals surface area contributed by atoms with Crippen LogP contribution in [0.4, 0.5) is 19.1 Å². The standard InChI is InChI=1S/C23H15F3N4O2/c1-14-5-7-15(8-6-14)21-29-19(12-27)22(32-21)30-28-13-18-9-10-20(31-18)16-3-2-4-17(11-16)23(24,25)26/h2-11,13,30H,1H3. The number of rotatable bonds is 5. The molecule has 0 radical (unpaired) electrons. The van der Waals surface area contributed by atoms with Gasteiger partial charge in [0.1, 0.15) is 17.6 Å². The van der Waals surface area contributed by atoms with Crippen molar-refractivity contribution in [3.8, 4) is 28.8 Å². The van der Waals surface area contributed by atoms with Gasteiger partial charge in [-0.3, -0.25) is 0 Å². The summed E-state index contributed by atoms with van der Waals surface area (Å²) >= 11 is 0. The van der Waals surface area contributed by atoms with Crippen LogP contribution < -0.4 is 5.43 Å². The molecular weight excluding hydrogens is 421 g/mol. The highest BCUT2D eigenvalue weighted by Crippen LogP contribution is 2.32. The highest BCUT2D eigenvalue weighted by Gasteiger charge is 2.30. The quantitative estimate of drug-likeness (QED) is 0.295. The Balaban J connectivity index is 1.49. The smallest absolute Gasteiger partial charge is 0.416 e. The lowest BCUT2D eigenvalue weighted by Crippen LogP contribution is -2.04. The van der Waals surface area contributed by atoms with E-state index in [4.69, 9.17) is 8.83 Å². The van der Waals surface area contributed by atoms with Crippen LogP contribution in [0.25, 0.3) is 22.8 Å². The molecule has 0 fully saturated rings. The van der Waals surface area contributed by atoms with Gasteiger partial charge in [-0.1, -0.05) is 29.8 Å². The monoisotopic (exact) mass is 436 g/mol. The molecule has 0 bridgehead atoms. The minimum Gasteiger partial charge on any atom is -0.455 e. The van der Waals surface area contributed by atoms with Crippen LogP contribution in [0, 0.1) is 18.3 Å². The van der Waals surface area contributed by atoms with Crippen molar-refractivity contribution in [1.29, 1.82) is 5.26 Å². The largest absolute Gasteiger partial charge is 0.455 e. The van der Waals surface area contributed by atoms with Crippen molar-refractivity contribution in [1.82, 2.24) is 4.98 Å². The van der Waals surface area contributed by atoms with Gasteiger partial charge in [0.15, 0.2) is 0 Å². The maximum atomic E-state index is 12.9. The predicted molar refractivity (Wildman–Crippen MR) is 112 cm³/mol. The van der Waals surface area contributed by atoms with Crippen LogP contribution >= 0.6 is 0 Å². The molecule has 0 aliphatic rings. The maximum Gasteiger partial charge on any atom is 0.416 e. The van der Waals surface area contributed by atoms with Gasteiger partial charge in [0, 0.05) is 11.1 Å². The second-order valence-corrected chi connectivity index (χ2v) is 6.83. The summed E-state index contributed by atoms with van der Waals surface area (Å²) < 4.78 is 49.9. The normalized spacial score (nSPS) is 11.6. The number of furan rings is 1. The van der Waals surface area contributed by atoms with Crippen LogP contribution in [0.1, 0.15) is 22.6 Å². The second-order valence-electron chi connectivity index (χ2n) is 6.83. The molecule has 2 heterocycles. The van der Waals surface area contributed by atoms with Crippen LogP contribution in [-0.4, -0.2) is 11.2 Å². The topological polar surface area (TPSA) is 87.4 Å². The molecule has 0 aliphatic carbocycles. The van der Waals surface area contributed by atoms with Gasteiger partial charge >= 0.3 is 6.18 Å². The van der Waals surface area contributed by atoms with E-state index in [1.165, 1.54) is 18.3 Å². The summed E-state index contributed by atoms with van der Waals surface area (Å²) in [5.74, 6) is 0.881. The van der Waals surface area contributed by atoms with Crippen LogP contribution in [0.15, 0.2) is 74.6 Å². The van der Waals surface area contributed by atoms with Gasteiger partial charge in [0.2, 0.25) is 11.6 Å². The Labute approximate surface area is 180 Å². The molecular formula is C23H15F3N4O2. The van der Waals surface area contributed by atoms with Gasteiger partial charge in [-0.15, -0.1) is 0 Å². The molecule has 9 heteroatoms. The van der Waals surface area contributed by atoms with E-state index < -0.39 is 11.7 Å². The molecule has 0 amide bonds. The number of nitriles is 1.